The van der Waals surface area contributed by atoms with Crippen molar-refractivity contribution >= 4 is 34.0 Å². The Morgan fingerprint density at radius 2 is 1.74 bits per heavy atom. The molecule has 0 unspecified atom stereocenters. The number of carbonyl (C=O) groups excluding carboxylic acids is 2. The van der Waals surface area contributed by atoms with Crippen LogP contribution >= 0.6 is 0 Å². The number of aryl methyl sites for hydroxylation is 1. The molecule has 1 aromatic heterocycles. The van der Waals surface area contributed by atoms with Crippen LogP contribution in [-0.4, -0.2) is 28.1 Å². The number of hydrogen-bond donors (Lipinski definition) is 1. The van der Waals surface area contributed by atoms with Gasteiger partial charge in [-0.2, -0.15) is 5.10 Å². The highest BCUT2D eigenvalue weighted by Crippen LogP contribution is 2.33. The van der Waals surface area contributed by atoms with Crippen LogP contribution in [0.25, 0.3) is 10.8 Å². The molecule has 0 bridgehead atoms. The maximum Gasteiger partial charge on any atom is 0.275 e. The van der Waals surface area contributed by atoms with E-state index in [1.54, 1.807) is 29.2 Å². The minimum atomic E-state index is -0.414. The van der Waals surface area contributed by atoms with Crippen LogP contribution in [0.1, 0.15) is 28.0 Å². The number of anilines is 2. The van der Waals surface area contributed by atoms with Gasteiger partial charge in [0.25, 0.3) is 11.5 Å². The van der Waals surface area contributed by atoms with Crippen LogP contribution < -0.4 is 15.8 Å². The number of rotatable bonds is 4. The lowest BCUT2D eigenvalue weighted by Gasteiger charge is -2.31. The highest BCUT2D eigenvalue weighted by atomic mass is 19.1. The van der Waals surface area contributed by atoms with Gasteiger partial charge in [0.15, 0.2) is 0 Å². The number of hydrogen-bond acceptors (Lipinski definition) is 4. The molecule has 7 nitrogen and oxygen atoms in total. The molecule has 0 radical (unpaired) electrons. The fourth-order valence-corrected chi connectivity index (χ4v) is 4.52. The molecule has 1 aliphatic rings. The average Bonchev–Trinajstić information content (AvgIpc) is 2.87. The van der Waals surface area contributed by atoms with Crippen molar-refractivity contribution < 1.29 is 14.0 Å². The van der Waals surface area contributed by atoms with E-state index < -0.39 is 5.82 Å². The summed E-state index contributed by atoms with van der Waals surface area (Å²) in [6, 6.07) is 17.9. The molecule has 176 valence electrons. The molecule has 2 amide bonds. The Bertz CT molecular complexity index is 1510. The van der Waals surface area contributed by atoms with E-state index in [4.69, 9.17) is 0 Å². The minimum absolute atomic E-state index is 0.184. The van der Waals surface area contributed by atoms with Gasteiger partial charge < -0.3 is 10.2 Å². The summed E-state index contributed by atoms with van der Waals surface area (Å²) in [5.74, 6) is -1.02. The van der Waals surface area contributed by atoms with Crippen LogP contribution in [-0.2, 0) is 17.8 Å². The Morgan fingerprint density at radius 1 is 1.00 bits per heavy atom. The fraction of sp³-hybridized carbons (Fsp3) is 0.185. The van der Waals surface area contributed by atoms with E-state index in [1.165, 1.54) is 28.9 Å². The first kappa shape index (κ1) is 22.5. The topological polar surface area (TPSA) is 84.3 Å². The Labute approximate surface area is 200 Å². The lowest BCUT2D eigenvalue weighted by Crippen LogP contribution is -2.40. The lowest BCUT2D eigenvalue weighted by atomic mass is 9.99. The summed E-state index contributed by atoms with van der Waals surface area (Å²) in [5, 5.41) is 8.54. The number of fused-ring (bicyclic) bond motifs is 2. The maximum atomic E-state index is 13.3. The van der Waals surface area contributed by atoms with E-state index in [-0.39, 0.29) is 23.9 Å². The largest absolute Gasteiger partial charge is 0.322 e. The summed E-state index contributed by atoms with van der Waals surface area (Å²) in [5.41, 5.74) is 2.85. The SMILES string of the molecule is Cc1nn(CC(=O)N2CCCc3c(NC(=O)c4ccc(F)cc4)cccc32)c(=O)c2ccccc12. The van der Waals surface area contributed by atoms with Crippen molar-refractivity contribution in [3.8, 4) is 0 Å². The Hall–Kier alpha value is -4.33. The number of amides is 2. The third kappa shape index (κ3) is 4.30. The van der Waals surface area contributed by atoms with Crippen molar-refractivity contribution in [2.45, 2.75) is 26.3 Å². The second-order valence-electron chi connectivity index (χ2n) is 8.51. The number of carbonyl (C=O) groups is 2. The van der Waals surface area contributed by atoms with Gasteiger partial charge >= 0.3 is 0 Å². The quantitative estimate of drug-likeness (QED) is 0.487. The van der Waals surface area contributed by atoms with Crippen molar-refractivity contribution in [1.82, 2.24) is 9.78 Å². The van der Waals surface area contributed by atoms with E-state index in [0.717, 1.165) is 10.9 Å². The summed E-state index contributed by atoms with van der Waals surface area (Å²) in [4.78, 5) is 40.6. The molecule has 1 N–H and O–H groups in total. The first-order chi connectivity index (χ1) is 16.9. The summed E-state index contributed by atoms with van der Waals surface area (Å²) < 4.78 is 14.4. The number of nitrogens with zero attached hydrogens (tertiary/aromatic N) is 3. The zero-order chi connectivity index (χ0) is 24.5. The van der Waals surface area contributed by atoms with Crippen LogP contribution in [0, 0.1) is 12.7 Å². The summed E-state index contributed by atoms with van der Waals surface area (Å²) in [6.45, 7) is 2.13. The van der Waals surface area contributed by atoms with E-state index in [9.17, 15) is 18.8 Å². The highest BCUT2D eigenvalue weighted by molar-refractivity contribution is 6.05. The van der Waals surface area contributed by atoms with E-state index in [2.05, 4.69) is 10.4 Å². The molecule has 5 rings (SSSR count). The van der Waals surface area contributed by atoms with Crippen LogP contribution in [0.2, 0.25) is 0 Å². The van der Waals surface area contributed by atoms with Gasteiger partial charge in [0.1, 0.15) is 12.4 Å². The molecule has 2 heterocycles. The Kier molecular flexibility index (Phi) is 5.86. The normalized spacial score (nSPS) is 12.9. The van der Waals surface area contributed by atoms with Gasteiger partial charge in [0.05, 0.1) is 11.1 Å². The van der Waals surface area contributed by atoms with Crippen LogP contribution in [0.15, 0.2) is 71.5 Å². The molecular formula is C27H23FN4O3. The Morgan fingerprint density at radius 3 is 2.51 bits per heavy atom. The number of benzene rings is 3. The molecule has 4 aromatic rings. The third-order valence-electron chi connectivity index (χ3n) is 6.24. The number of nitrogens with one attached hydrogen (secondary N) is 1. The number of halogens is 1. The van der Waals surface area contributed by atoms with Gasteiger partial charge in [-0.3, -0.25) is 14.4 Å². The molecule has 0 aliphatic carbocycles. The van der Waals surface area contributed by atoms with Crippen LogP contribution in [0.5, 0.6) is 0 Å². The van der Waals surface area contributed by atoms with E-state index in [0.29, 0.717) is 47.4 Å². The standard InChI is InChI=1S/C27H23FN4O3/c1-17-20-6-2-3-7-21(20)27(35)32(30-17)16-25(33)31-15-5-8-22-23(9-4-10-24(22)31)29-26(34)18-11-13-19(28)14-12-18/h2-4,6-7,9-14H,5,8,15-16H2,1H3,(H,29,34). The predicted octanol–water partition coefficient (Wildman–Crippen LogP) is 4.08. The van der Waals surface area contributed by atoms with E-state index in [1.807, 2.05) is 25.1 Å². The Balaban J connectivity index is 1.42. The molecule has 3 aromatic carbocycles. The molecule has 0 spiro atoms. The van der Waals surface area contributed by atoms with Gasteiger partial charge in [-0.1, -0.05) is 24.3 Å². The second kappa shape index (κ2) is 9.13. The van der Waals surface area contributed by atoms with Gasteiger partial charge in [0, 0.05) is 28.9 Å². The average molecular weight is 471 g/mol. The third-order valence-corrected chi connectivity index (χ3v) is 6.24. The molecule has 0 saturated carbocycles. The van der Waals surface area contributed by atoms with Crippen LogP contribution in [0.3, 0.4) is 0 Å². The van der Waals surface area contributed by atoms with Gasteiger partial charge in [-0.05, 0) is 67.8 Å². The molecule has 0 fully saturated rings. The highest BCUT2D eigenvalue weighted by Gasteiger charge is 2.26. The van der Waals surface area contributed by atoms with Crippen molar-refractivity contribution in [2.24, 2.45) is 0 Å². The fourth-order valence-electron chi connectivity index (χ4n) is 4.52. The van der Waals surface area contributed by atoms with Gasteiger partial charge in [-0.25, -0.2) is 9.07 Å². The van der Waals surface area contributed by atoms with Crippen molar-refractivity contribution in [3.05, 3.63) is 99.7 Å². The van der Waals surface area contributed by atoms with Crippen LogP contribution in [0.4, 0.5) is 15.8 Å². The summed E-state index contributed by atoms with van der Waals surface area (Å²) in [6.07, 6.45) is 1.40. The number of aromatic nitrogens is 2. The smallest absolute Gasteiger partial charge is 0.275 e. The molecule has 0 atom stereocenters. The zero-order valence-electron chi connectivity index (χ0n) is 19.1. The van der Waals surface area contributed by atoms with Crippen molar-refractivity contribution in [3.63, 3.8) is 0 Å². The second-order valence-corrected chi connectivity index (χ2v) is 8.51. The molecule has 1 aliphatic heterocycles. The van der Waals surface area contributed by atoms with Crippen molar-refractivity contribution in [1.29, 1.82) is 0 Å². The summed E-state index contributed by atoms with van der Waals surface area (Å²) >= 11 is 0. The first-order valence-electron chi connectivity index (χ1n) is 11.4. The molecule has 35 heavy (non-hydrogen) atoms. The monoisotopic (exact) mass is 470 g/mol. The zero-order valence-corrected chi connectivity index (χ0v) is 19.1. The minimum Gasteiger partial charge on any atom is -0.322 e. The lowest BCUT2D eigenvalue weighted by molar-refractivity contribution is -0.119. The van der Waals surface area contributed by atoms with Gasteiger partial charge in [-0.15, -0.1) is 0 Å². The molecule has 8 heteroatoms. The first-order valence-corrected chi connectivity index (χ1v) is 11.4. The van der Waals surface area contributed by atoms with E-state index >= 15 is 0 Å². The molecular weight excluding hydrogens is 447 g/mol. The van der Waals surface area contributed by atoms with Crippen molar-refractivity contribution in [2.75, 3.05) is 16.8 Å². The maximum absolute atomic E-state index is 13.3. The predicted molar refractivity (Wildman–Crippen MR) is 132 cm³/mol. The van der Waals surface area contributed by atoms with Gasteiger partial charge in [0.2, 0.25) is 5.91 Å². The molecule has 0 saturated heterocycles. The summed E-state index contributed by atoms with van der Waals surface area (Å²) in [7, 11) is 0.